The number of aromatic nitrogens is 2. The number of aliphatic hydroxyl groups is 1. The van der Waals surface area contributed by atoms with Crippen LogP contribution in [0.25, 0.3) is 0 Å². The number of likely N-dealkylation sites (N-methyl/N-ethyl adjacent to an activating group) is 1. The Hall–Kier alpha value is -0.910. The fourth-order valence-electron chi connectivity index (χ4n) is 2.99. The third-order valence-corrected chi connectivity index (χ3v) is 4.38. The summed E-state index contributed by atoms with van der Waals surface area (Å²) < 4.78 is 2.10. The molecule has 1 aromatic heterocycles. The van der Waals surface area contributed by atoms with Gasteiger partial charge < -0.3 is 19.5 Å². The molecule has 0 aromatic carbocycles. The van der Waals surface area contributed by atoms with Crippen LogP contribution in [0, 0.1) is 5.92 Å². The molecule has 0 spiro atoms. The summed E-state index contributed by atoms with van der Waals surface area (Å²) in [7, 11) is 2.09. The quantitative estimate of drug-likeness (QED) is 0.785. The second kappa shape index (κ2) is 8.51. The number of nitrogens with zero attached hydrogens (tertiary/aromatic N) is 4. The summed E-state index contributed by atoms with van der Waals surface area (Å²) in [5.74, 6) is 0.851. The summed E-state index contributed by atoms with van der Waals surface area (Å²) in [5.41, 5.74) is 0. The van der Waals surface area contributed by atoms with E-state index in [2.05, 4.69) is 33.3 Å². The summed E-state index contributed by atoms with van der Waals surface area (Å²) in [4.78, 5) is 8.68. The minimum Gasteiger partial charge on any atom is -0.390 e. The zero-order valence-corrected chi connectivity index (χ0v) is 13.5. The maximum absolute atomic E-state index is 10.2. The Labute approximate surface area is 128 Å². The van der Waals surface area contributed by atoms with Crippen molar-refractivity contribution in [3.05, 3.63) is 18.7 Å². The number of aryl methyl sites for hydroxylation is 1. The number of likely N-dealkylation sites (tertiary alicyclic amines) is 1. The Bertz CT molecular complexity index is 374. The first-order valence-corrected chi connectivity index (χ1v) is 8.18. The van der Waals surface area contributed by atoms with Gasteiger partial charge in [0, 0.05) is 32.0 Å². The lowest BCUT2D eigenvalue weighted by molar-refractivity contribution is 0.0673. The lowest BCUT2D eigenvalue weighted by Crippen LogP contribution is -2.42. The van der Waals surface area contributed by atoms with Crippen molar-refractivity contribution in [3.8, 4) is 0 Å². The van der Waals surface area contributed by atoms with Gasteiger partial charge in [0.15, 0.2) is 0 Å². The molecule has 0 amide bonds. The molecular weight excluding hydrogens is 264 g/mol. The first kappa shape index (κ1) is 16.5. The molecule has 1 fully saturated rings. The molecule has 5 nitrogen and oxygen atoms in total. The smallest absolute Gasteiger partial charge is 0.0945 e. The van der Waals surface area contributed by atoms with Crippen LogP contribution in [0.4, 0.5) is 0 Å². The van der Waals surface area contributed by atoms with Gasteiger partial charge >= 0.3 is 0 Å². The van der Waals surface area contributed by atoms with Gasteiger partial charge in [-0.2, -0.15) is 0 Å². The maximum Gasteiger partial charge on any atom is 0.0945 e. The second-order valence-electron chi connectivity index (χ2n) is 6.55. The van der Waals surface area contributed by atoms with E-state index in [4.69, 9.17) is 0 Å². The largest absolute Gasteiger partial charge is 0.390 e. The van der Waals surface area contributed by atoms with Gasteiger partial charge in [-0.25, -0.2) is 4.98 Å². The van der Waals surface area contributed by atoms with Gasteiger partial charge in [0.2, 0.25) is 0 Å². The van der Waals surface area contributed by atoms with Crippen molar-refractivity contribution >= 4 is 0 Å². The van der Waals surface area contributed by atoms with Crippen molar-refractivity contribution in [1.82, 2.24) is 19.4 Å². The summed E-state index contributed by atoms with van der Waals surface area (Å²) in [6.07, 6.45) is 9.05. The predicted molar refractivity (Wildman–Crippen MR) is 85.2 cm³/mol. The molecule has 120 valence electrons. The SMILES string of the molecule is CC1CCN(CC(O)CN(C)CCCn2ccnc2)CC1. The summed E-state index contributed by atoms with van der Waals surface area (Å²) in [6.45, 7) is 8.18. The fraction of sp³-hybridized carbons (Fsp3) is 0.812. The average molecular weight is 294 g/mol. The van der Waals surface area contributed by atoms with Gasteiger partial charge in [-0.1, -0.05) is 6.92 Å². The van der Waals surface area contributed by atoms with Crippen LogP contribution >= 0.6 is 0 Å². The zero-order valence-electron chi connectivity index (χ0n) is 13.5. The number of hydrogen-bond acceptors (Lipinski definition) is 4. The highest BCUT2D eigenvalue weighted by molar-refractivity contribution is 4.75. The van der Waals surface area contributed by atoms with Crippen LogP contribution in [-0.2, 0) is 6.54 Å². The molecule has 0 bridgehead atoms. The van der Waals surface area contributed by atoms with Crippen molar-refractivity contribution in [2.24, 2.45) is 5.92 Å². The Kier molecular flexibility index (Phi) is 6.67. The van der Waals surface area contributed by atoms with E-state index >= 15 is 0 Å². The standard InChI is InChI=1S/C16H30N4O/c1-15-4-9-19(10-5-15)13-16(21)12-18(2)7-3-8-20-11-6-17-14-20/h6,11,14-16,21H,3-5,7-10,12-13H2,1-2H3. The molecule has 2 rings (SSSR count). The molecule has 2 heterocycles. The highest BCUT2D eigenvalue weighted by Crippen LogP contribution is 2.16. The van der Waals surface area contributed by atoms with E-state index in [1.165, 1.54) is 12.8 Å². The topological polar surface area (TPSA) is 44.5 Å². The van der Waals surface area contributed by atoms with Gasteiger partial charge in [-0.15, -0.1) is 0 Å². The van der Waals surface area contributed by atoms with Gasteiger partial charge in [-0.3, -0.25) is 0 Å². The van der Waals surface area contributed by atoms with Crippen molar-refractivity contribution in [3.63, 3.8) is 0 Å². The predicted octanol–water partition coefficient (Wildman–Crippen LogP) is 1.30. The number of piperidine rings is 1. The molecule has 21 heavy (non-hydrogen) atoms. The van der Waals surface area contributed by atoms with Crippen LogP contribution in [0.5, 0.6) is 0 Å². The van der Waals surface area contributed by atoms with E-state index in [0.29, 0.717) is 0 Å². The first-order chi connectivity index (χ1) is 10.1. The molecule has 1 saturated heterocycles. The Morgan fingerprint density at radius 1 is 1.38 bits per heavy atom. The lowest BCUT2D eigenvalue weighted by Gasteiger charge is -2.32. The molecule has 1 aliphatic rings. The van der Waals surface area contributed by atoms with Crippen molar-refractivity contribution in [2.75, 3.05) is 39.8 Å². The molecule has 1 aliphatic heterocycles. The number of β-amino-alcohol motifs (C(OH)–C–C–N with tert-alkyl or cyclic N) is 1. The van der Waals surface area contributed by atoms with Crippen LogP contribution in [-0.4, -0.2) is 70.3 Å². The van der Waals surface area contributed by atoms with Gasteiger partial charge in [0.1, 0.15) is 0 Å². The van der Waals surface area contributed by atoms with Crippen LogP contribution in [0.3, 0.4) is 0 Å². The number of rotatable bonds is 8. The second-order valence-corrected chi connectivity index (χ2v) is 6.55. The normalized spacial score (nSPS) is 19.2. The molecule has 1 aromatic rings. The molecule has 0 saturated carbocycles. The molecule has 0 aliphatic carbocycles. The molecule has 5 heteroatoms. The Balaban J connectivity index is 1.57. The van der Waals surface area contributed by atoms with Crippen LogP contribution in [0.2, 0.25) is 0 Å². The Morgan fingerprint density at radius 3 is 2.81 bits per heavy atom. The van der Waals surface area contributed by atoms with E-state index in [0.717, 1.165) is 51.6 Å². The van der Waals surface area contributed by atoms with E-state index in [1.807, 2.05) is 18.7 Å². The van der Waals surface area contributed by atoms with Crippen molar-refractivity contribution in [2.45, 2.75) is 38.8 Å². The lowest BCUT2D eigenvalue weighted by atomic mass is 9.99. The van der Waals surface area contributed by atoms with E-state index < -0.39 is 0 Å². The monoisotopic (exact) mass is 294 g/mol. The third kappa shape index (κ3) is 6.16. The number of imidazole rings is 1. The maximum atomic E-state index is 10.2. The highest BCUT2D eigenvalue weighted by Gasteiger charge is 2.18. The third-order valence-electron chi connectivity index (χ3n) is 4.38. The van der Waals surface area contributed by atoms with Gasteiger partial charge in [0.25, 0.3) is 0 Å². The molecule has 1 unspecified atom stereocenters. The number of hydrogen-bond donors (Lipinski definition) is 1. The molecule has 1 N–H and O–H groups in total. The average Bonchev–Trinajstić information content (AvgIpc) is 2.94. The summed E-state index contributed by atoms with van der Waals surface area (Å²) >= 11 is 0. The van der Waals surface area contributed by atoms with Gasteiger partial charge in [-0.05, 0) is 51.9 Å². The zero-order chi connectivity index (χ0) is 15.1. The van der Waals surface area contributed by atoms with E-state index in [9.17, 15) is 5.11 Å². The molecular formula is C16H30N4O. The van der Waals surface area contributed by atoms with E-state index in [-0.39, 0.29) is 6.10 Å². The summed E-state index contributed by atoms with van der Waals surface area (Å²) in [5, 5.41) is 10.2. The highest BCUT2D eigenvalue weighted by atomic mass is 16.3. The van der Waals surface area contributed by atoms with Crippen molar-refractivity contribution in [1.29, 1.82) is 0 Å². The van der Waals surface area contributed by atoms with Gasteiger partial charge in [0.05, 0.1) is 12.4 Å². The number of aliphatic hydroxyl groups excluding tert-OH is 1. The van der Waals surface area contributed by atoms with Crippen molar-refractivity contribution < 1.29 is 5.11 Å². The van der Waals surface area contributed by atoms with E-state index in [1.54, 1.807) is 0 Å². The minimum absolute atomic E-state index is 0.239. The molecule has 0 radical (unpaired) electrons. The molecule has 1 atom stereocenters. The van der Waals surface area contributed by atoms with Crippen LogP contribution < -0.4 is 0 Å². The van der Waals surface area contributed by atoms with Crippen LogP contribution in [0.1, 0.15) is 26.2 Å². The fourth-order valence-corrected chi connectivity index (χ4v) is 2.99. The first-order valence-electron chi connectivity index (χ1n) is 8.18. The summed E-state index contributed by atoms with van der Waals surface area (Å²) in [6, 6.07) is 0. The Morgan fingerprint density at radius 2 is 2.14 bits per heavy atom. The minimum atomic E-state index is -0.239. The van der Waals surface area contributed by atoms with Crippen LogP contribution in [0.15, 0.2) is 18.7 Å².